The van der Waals surface area contributed by atoms with Gasteiger partial charge >= 0.3 is 5.97 Å². The zero-order valence-electron chi connectivity index (χ0n) is 9.38. The highest BCUT2D eigenvalue weighted by Gasteiger charge is 2.14. The molecule has 0 aliphatic carbocycles. The summed E-state index contributed by atoms with van der Waals surface area (Å²) in [6.45, 7) is 0. The normalized spacial score (nSPS) is 10.6. The average Bonchev–Trinajstić information content (AvgIpc) is 2.72. The maximum Gasteiger partial charge on any atom is 0.313 e. The number of hydrogen-bond acceptors (Lipinski definition) is 5. The van der Waals surface area contributed by atoms with Gasteiger partial charge < -0.3 is 10.9 Å². The molecule has 2 rings (SSSR count). The minimum Gasteiger partial charge on any atom is -0.481 e. The van der Waals surface area contributed by atoms with Gasteiger partial charge in [-0.2, -0.15) is 0 Å². The minimum atomic E-state index is -0.938. The van der Waals surface area contributed by atoms with Crippen molar-refractivity contribution in [1.29, 1.82) is 0 Å². The maximum absolute atomic E-state index is 10.5. The number of carboxylic acid groups (broad SMARTS) is 1. The van der Waals surface area contributed by atoms with Gasteiger partial charge in [0.05, 0.1) is 10.8 Å². The minimum absolute atomic E-state index is 0.122. The van der Waals surface area contributed by atoms with Crippen LogP contribution in [0.4, 0.5) is 0 Å². The molecule has 3 N–H and O–H groups in total. The zero-order valence-corrected chi connectivity index (χ0v) is 13.1. The molecule has 1 heterocycles. The van der Waals surface area contributed by atoms with Crippen LogP contribution < -0.4 is 5.84 Å². The summed E-state index contributed by atoms with van der Waals surface area (Å²) in [5, 5.41) is 17.4. The lowest BCUT2D eigenvalue weighted by molar-refractivity contribution is -0.133. The smallest absolute Gasteiger partial charge is 0.313 e. The van der Waals surface area contributed by atoms with E-state index in [0.717, 1.165) is 20.9 Å². The zero-order chi connectivity index (χ0) is 14.0. The second-order valence-electron chi connectivity index (χ2n) is 3.49. The van der Waals surface area contributed by atoms with E-state index in [0.29, 0.717) is 16.0 Å². The Labute approximate surface area is 131 Å². The molecule has 0 fully saturated rings. The van der Waals surface area contributed by atoms with E-state index in [1.807, 2.05) is 12.1 Å². The van der Waals surface area contributed by atoms with Gasteiger partial charge in [0.1, 0.15) is 0 Å². The first-order valence-corrected chi connectivity index (χ1v) is 7.44. The summed E-state index contributed by atoms with van der Waals surface area (Å²) < 4.78 is 2.18. The summed E-state index contributed by atoms with van der Waals surface area (Å²) in [5.74, 6) is 5.22. The van der Waals surface area contributed by atoms with Crippen molar-refractivity contribution >= 4 is 51.9 Å². The van der Waals surface area contributed by atoms with Crippen molar-refractivity contribution in [3.05, 3.63) is 26.8 Å². The molecule has 0 radical (unpaired) electrons. The third kappa shape index (κ3) is 3.31. The first-order chi connectivity index (χ1) is 8.99. The van der Waals surface area contributed by atoms with Crippen LogP contribution >= 0.6 is 46.0 Å². The van der Waals surface area contributed by atoms with Crippen molar-refractivity contribution in [1.82, 2.24) is 14.9 Å². The predicted molar refractivity (Wildman–Crippen MR) is 81.7 cm³/mol. The molecule has 0 spiro atoms. The number of carbonyl (C=O) groups is 1. The Morgan fingerprint density at radius 2 is 2.26 bits per heavy atom. The molecule has 0 aliphatic rings. The van der Waals surface area contributed by atoms with Crippen LogP contribution in [0.2, 0.25) is 5.02 Å². The number of thioether (sulfide) groups is 1. The molecular weight excluding hydrogens is 403 g/mol. The highest BCUT2D eigenvalue weighted by Crippen LogP contribution is 2.26. The largest absolute Gasteiger partial charge is 0.481 e. The first kappa shape index (κ1) is 14.4. The maximum atomic E-state index is 10.5. The number of aromatic nitrogens is 3. The molecule has 0 amide bonds. The third-order valence-corrected chi connectivity index (χ3v) is 4.67. The van der Waals surface area contributed by atoms with E-state index >= 15 is 0 Å². The van der Waals surface area contributed by atoms with Crippen LogP contribution in [0.3, 0.4) is 0 Å². The fraction of sp³-hybridized carbons (Fsp3) is 0.100. The van der Waals surface area contributed by atoms with Crippen molar-refractivity contribution in [3.8, 4) is 11.4 Å². The number of aliphatic carboxylic acids is 1. The van der Waals surface area contributed by atoms with Crippen LogP contribution in [0.5, 0.6) is 0 Å². The van der Waals surface area contributed by atoms with Crippen LogP contribution in [0.15, 0.2) is 23.4 Å². The molecule has 0 saturated heterocycles. The Hall–Kier alpha value is -1.000. The summed E-state index contributed by atoms with van der Waals surface area (Å²) >= 11 is 9.16. The van der Waals surface area contributed by atoms with Gasteiger partial charge in [-0.15, -0.1) is 10.2 Å². The van der Waals surface area contributed by atoms with E-state index in [2.05, 4.69) is 32.8 Å². The molecule has 0 unspecified atom stereocenters. The topological polar surface area (TPSA) is 94.0 Å². The Bertz CT molecular complexity index is 634. The molecule has 1 aromatic heterocycles. The first-order valence-electron chi connectivity index (χ1n) is 4.99. The summed E-state index contributed by atoms with van der Waals surface area (Å²) in [6.07, 6.45) is 0. The van der Waals surface area contributed by atoms with Gasteiger partial charge in [0.25, 0.3) is 0 Å². The molecule has 19 heavy (non-hydrogen) atoms. The molecule has 0 bridgehead atoms. The second kappa shape index (κ2) is 5.97. The Kier molecular flexibility index (Phi) is 4.53. The van der Waals surface area contributed by atoms with Gasteiger partial charge in [0.15, 0.2) is 5.82 Å². The molecule has 6 nitrogen and oxygen atoms in total. The molecule has 2 aromatic rings. The van der Waals surface area contributed by atoms with Crippen molar-refractivity contribution in [3.63, 3.8) is 0 Å². The van der Waals surface area contributed by atoms with E-state index in [-0.39, 0.29) is 5.75 Å². The molecule has 1 aromatic carbocycles. The standard InChI is InChI=1S/C10H8ClIN4O2S/c11-6-3-5(1-2-7(6)12)9-14-15-10(16(9)13)19-4-8(17)18/h1-3H,4,13H2,(H,17,18). The molecule has 100 valence electrons. The van der Waals surface area contributed by atoms with Crippen LogP contribution in [-0.2, 0) is 4.79 Å². The molecule has 0 atom stereocenters. The van der Waals surface area contributed by atoms with Gasteiger partial charge in [0.2, 0.25) is 5.16 Å². The summed E-state index contributed by atoms with van der Waals surface area (Å²) in [7, 11) is 0. The fourth-order valence-corrected chi connectivity index (χ4v) is 2.43. The van der Waals surface area contributed by atoms with Crippen LogP contribution in [0, 0.1) is 3.57 Å². The lowest BCUT2D eigenvalue weighted by Gasteiger charge is -2.04. The van der Waals surface area contributed by atoms with Crippen LogP contribution in [0.25, 0.3) is 11.4 Å². The fourth-order valence-electron chi connectivity index (χ4n) is 1.33. The summed E-state index contributed by atoms with van der Waals surface area (Å²) in [5.41, 5.74) is 0.725. The molecule has 0 saturated carbocycles. The number of benzene rings is 1. The van der Waals surface area contributed by atoms with Gasteiger partial charge in [0, 0.05) is 9.13 Å². The Morgan fingerprint density at radius 1 is 1.53 bits per heavy atom. The van der Waals surface area contributed by atoms with E-state index < -0.39 is 5.97 Å². The lowest BCUT2D eigenvalue weighted by atomic mass is 10.2. The Balaban J connectivity index is 2.30. The predicted octanol–water partition coefficient (Wildman–Crippen LogP) is 2.09. The number of halogens is 2. The van der Waals surface area contributed by atoms with Crippen molar-refractivity contribution < 1.29 is 9.90 Å². The van der Waals surface area contributed by atoms with Gasteiger partial charge in [-0.05, 0) is 40.8 Å². The van der Waals surface area contributed by atoms with Crippen LogP contribution in [0.1, 0.15) is 0 Å². The highest BCUT2D eigenvalue weighted by atomic mass is 127. The van der Waals surface area contributed by atoms with Crippen LogP contribution in [-0.4, -0.2) is 31.7 Å². The van der Waals surface area contributed by atoms with Crippen molar-refractivity contribution in [2.75, 3.05) is 11.6 Å². The van der Waals surface area contributed by atoms with Gasteiger partial charge in [-0.1, -0.05) is 23.4 Å². The quantitative estimate of drug-likeness (QED) is 0.455. The summed E-state index contributed by atoms with van der Waals surface area (Å²) in [4.78, 5) is 10.5. The highest BCUT2D eigenvalue weighted by molar-refractivity contribution is 14.1. The lowest BCUT2D eigenvalue weighted by Crippen LogP contribution is -2.12. The molecule has 9 heteroatoms. The third-order valence-electron chi connectivity index (χ3n) is 2.17. The van der Waals surface area contributed by atoms with Crippen molar-refractivity contribution in [2.45, 2.75) is 5.16 Å². The number of rotatable bonds is 4. The summed E-state index contributed by atoms with van der Waals surface area (Å²) in [6, 6.07) is 5.41. The Morgan fingerprint density at radius 3 is 2.89 bits per heavy atom. The van der Waals surface area contributed by atoms with Gasteiger partial charge in [-0.25, -0.2) is 4.68 Å². The van der Waals surface area contributed by atoms with Crippen molar-refractivity contribution in [2.24, 2.45) is 0 Å². The second-order valence-corrected chi connectivity index (χ2v) is 6.00. The van der Waals surface area contributed by atoms with E-state index in [4.69, 9.17) is 22.6 Å². The van der Waals surface area contributed by atoms with E-state index in [1.165, 1.54) is 4.68 Å². The number of carboxylic acids is 1. The molecular formula is C10H8ClIN4O2S. The average molecular weight is 411 g/mol. The SMILES string of the molecule is Nn1c(SCC(=O)O)nnc1-c1ccc(I)c(Cl)c1. The number of hydrogen-bond donors (Lipinski definition) is 2. The number of nitrogens with zero attached hydrogens (tertiary/aromatic N) is 3. The number of nitrogen functional groups attached to an aromatic ring is 1. The van der Waals surface area contributed by atoms with E-state index in [1.54, 1.807) is 6.07 Å². The van der Waals surface area contributed by atoms with E-state index in [9.17, 15) is 4.79 Å². The molecule has 0 aliphatic heterocycles. The number of nitrogens with two attached hydrogens (primary N) is 1. The van der Waals surface area contributed by atoms with Gasteiger partial charge in [-0.3, -0.25) is 4.79 Å². The monoisotopic (exact) mass is 410 g/mol.